The molecule has 1 unspecified atom stereocenters. The highest BCUT2D eigenvalue weighted by Crippen LogP contribution is 2.26. The molecule has 6 nitrogen and oxygen atoms in total. The molecule has 146 valence electrons. The van der Waals surface area contributed by atoms with Gasteiger partial charge in [-0.25, -0.2) is 8.42 Å². The van der Waals surface area contributed by atoms with Crippen LogP contribution in [0.2, 0.25) is 0 Å². The van der Waals surface area contributed by atoms with Crippen molar-refractivity contribution >= 4 is 27.3 Å². The molecule has 0 aromatic carbocycles. The van der Waals surface area contributed by atoms with Gasteiger partial charge in [0.1, 0.15) is 4.21 Å². The third-order valence-corrected chi connectivity index (χ3v) is 8.77. The minimum absolute atomic E-state index is 0.00371. The standard InChI is InChI=1S/C18H29N3O3S2/c1-20-11-7-15(8-12-20)6-9-19-18(22)16-4-2-10-21(14-16)26(23,24)17-5-3-13-25-17/h3,5,13,15-16H,2,4,6-12,14H2,1H3,(H,19,22). The van der Waals surface area contributed by atoms with E-state index in [4.69, 9.17) is 0 Å². The van der Waals surface area contributed by atoms with Gasteiger partial charge in [0.05, 0.1) is 5.92 Å². The third kappa shape index (κ3) is 4.85. The van der Waals surface area contributed by atoms with Gasteiger partial charge in [-0.05, 0) is 69.6 Å². The molecular formula is C18H29N3O3S2. The fraction of sp³-hybridized carbons (Fsp3) is 0.722. The zero-order valence-electron chi connectivity index (χ0n) is 15.4. The number of hydrogen-bond acceptors (Lipinski definition) is 5. The minimum atomic E-state index is -3.46. The predicted octanol–water partition coefficient (Wildman–Crippen LogP) is 2.00. The molecule has 1 N–H and O–H groups in total. The summed E-state index contributed by atoms with van der Waals surface area (Å²) in [5.41, 5.74) is 0. The number of piperidine rings is 2. The maximum absolute atomic E-state index is 12.7. The molecule has 0 aliphatic carbocycles. The number of nitrogens with one attached hydrogen (secondary N) is 1. The molecule has 26 heavy (non-hydrogen) atoms. The van der Waals surface area contributed by atoms with Crippen molar-refractivity contribution in [3.63, 3.8) is 0 Å². The maximum Gasteiger partial charge on any atom is 0.252 e. The molecule has 8 heteroatoms. The first-order valence-corrected chi connectivity index (χ1v) is 11.8. The molecule has 0 saturated carbocycles. The number of hydrogen-bond donors (Lipinski definition) is 1. The van der Waals surface area contributed by atoms with Crippen molar-refractivity contribution in [1.82, 2.24) is 14.5 Å². The summed E-state index contributed by atoms with van der Waals surface area (Å²) < 4.78 is 27.2. The van der Waals surface area contributed by atoms with Crippen LogP contribution in [-0.2, 0) is 14.8 Å². The van der Waals surface area contributed by atoms with Crippen LogP contribution in [-0.4, -0.2) is 63.3 Å². The van der Waals surface area contributed by atoms with E-state index in [0.717, 1.165) is 32.4 Å². The highest BCUT2D eigenvalue weighted by molar-refractivity contribution is 7.91. The Labute approximate surface area is 160 Å². The largest absolute Gasteiger partial charge is 0.356 e. The molecule has 2 saturated heterocycles. The van der Waals surface area contributed by atoms with Crippen LogP contribution in [0.25, 0.3) is 0 Å². The number of nitrogens with zero attached hydrogens (tertiary/aromatic N) is 2. The fourth-order valence-corrected chi connectivity index (χ4v) is 6.48. The summed E-state index contributed by atoms with van der Waals surface area (Å²) in [5.74, 6) is 0.452. The number of likely N-dealkylation sites (tertiary alicyclic amines) is 1. The van der Waals surface area contributed by atoms with Gasteiger partial charge in [-0.2, -0.15) is 4.31 Å². The Morgan fingerprint density at radius 2 is 2.04 bits per heavy atom. The molecule has 2 fully saturated rings. The Hall–Kier alpha value is -0.960. The van der Waals surface area contributed by atoms with E-state index >= 15 is 0 Å². The Bertz CT molecular complexity index is 683. The molecule has 3 rings (SSSR count). The number of sulfonamides is 1. The predicted molar refractivity (Wildman–Crippen MR) is 104 cm³/mol. The van der Waals surface area contributed by atoms with Gasteiger partial charge in [0.25, 0.3) is 10.0 Å². The Balaban J connectivity index is 1.47. The van der Waals surface area contributed by atoms with Crippen molar-refractivity contribution in [1.29, 1.82) is 0 Å². The van der Waals surface area contributed by atoms with Gasteiger partial charge in [0, 0.05) is 19.6 Å². The van der Waals surface area contributed by atoms with Crippen molar-refractivity contribution in [2.45, 2.75) is 36.3 Å². The summed E-state index contributed by atoms with van der Waals surface area (Å²) in [5, 5.41) is 4.81. The second-order valence-corrected chi connectivity index (χ2v) is 10.6. The summed E-state index contributed by atoms with van der Waals surface area (Å²) >= 11 is 1.23. The highest BCUT2D eigenvalue weighted by Gasteiger charge is 2.33. The summed E-state index contributed by atoms with van der Waals surface area (Å²) in [7, 11) is -1.31. The van der Waals surface area contributed by atoms with Crippen LogP contribution < -0.4 is 5.32 Å². The maximum atomic E-state index is 12.7. The van der Waals surface area contributed by atoms with Crippen LogP contribution in [0.15, 0.2) is 21.7 Å². The van der Waals surface area contributed by atoms with E-state index in [1.807, 2.05) is 0 Å². The molecule has 1 aromatic heterocycles. The van der Waals surface area contributed by atoms with Crippen molar-refractivity contribution in [2.75, 3.05) is 39.8 Å². The molecule has 3 heterocycles. The summed E-state index contributed by atoms with van der Waals surface area (Å²) in [4.78, 5) is 14.9. The third-order valence-electron chi connectivity index (χ3n) is 5.53. The lowest BCUT2D eigenvalue weighted by Crippen LogP contribution is -2.45. The van der Waals surface area contributed by atoms with Crippen LogP contribution in [0.3, 0.4) is 0 Å². The van der Waals surface area contributed by atoms with Gasteiger partial charge in [0.15, 0.2) is 0 Å². The first-order valence-electron chi connectivity index (χ1n) is 9.46. The van der Waals surface area contributed by atoms with E-state index in [1.165, 1.54) is 28.5 Å². The second kappa shape index (κ2) is 8.82. The van der Waals surface area contributed by atoms with E-state index in [9.17, 15) is 13.2 Å². The lowest BCUT2D eigenvalue weighted by Gasteiger charge is -2.31. The monoisotopic (exact) mass is 399 g/mol. The van der Waals surface area contributed by atoms with Gasteiger partial charge >= 0.3 is 0 Å². The van der Waals surface area contributed by atoms with Gasteiger partial charge < -0.3 is 10.2 Å². The Morgan fingerprint density at radius 1 is 1.27 bits per heavy atom. The SMILES string of the molecule is CN1CCC(CCNC(=O)C2CCCN(S(=O)(=O)c3cccs3)C2)CC1. The smallest absolute Gasteiger partial charge is 0.252 e. The van der Waals surface area contributed by atoms with E-state index in [1.54, 1.807) is 17.5 Å². The molecule has 1 aromatic rings. The number of carbonyl (C=O) groups is 1. The van der Waals surface area contributed by atoms with Gasteiger partial charge in [-0.15, -0.1) is 11.3 Å². The molecular weight excluding hydrogens is 370 g/mol. The first kappa shape index (κ1) is 19.8. The molecule has 2 aliphatic rings. The molecule has 0 radical (unpaired) electrons. The number of thiophene rings is 1. The zero-order valence-corrected chi connectivity index (χ0v) is 17.0. The topological polar surface area (TPSA) is 69.7 Å². The molecule has 1 atom stereocenters. The summed E-state index contributed by atoms with van der Waals surface area (Å²) in [6, 6.07) is 3.37. The highest BCUT2D eigenvalue weighted by atomic mass is 32.2. The van der Waals surface area contributed by atoms with Crippen molar-refractivity contribution in [2.24, 2.45) is 11.8 Å². The molecule has 0 bridgehead atoms. The minimum Gasteiger partial charge on any atom is -0.356 e. The van der Waals surface area contributed by atoms with Crippen LogP contribution in [0.5, 0.6) is 0 Å². The van der Waals surface area contributed by atoms with E-state index in [2.05, 4.69) is 17.3 Å². The van der Waals surface area contributed by atoms with Gasteiger partial charge in [-0.1, -0.05) is 6.07 Å². The molecule has 2 aliphatic heterocycles. The van der Waals surface area contributed by atoms with Crippen molar-refractivity contribution in [3.8, 4) is 0 Å². The average molecular weight is 400 g/mol. The fourth-order valence-electron chi connectivity index (χ4n) is 3.81. The zero-order chi connectivity index (χ0) is 18.6. The Kier molecular flexibility index (Phi) is 6.71. The lowest BCUT2D eigenvalue weighted by atomic mass is 9.93. The molecule has 0 spiro atoms. The lowest BCUT2D eigenvalue weighted by molar-refractivity contribution is -0.126. The van der Waals surface area contributed by atoms with E-state index in [0.29, 0.717) is 29.8 Å². The van der Waals surface area contributed by atoms with E-state index in [-0.39, 0.29) is 11.8 Å². The molecule has 1 amide bonds. The average Bonchev–Trinajstić information content (AvgIpc) is 3.19. The van der Waals surface area contributed by atoms with Gasteiger partial charge in [-0.3, -0.25) is 4.79 Å². The first-order chi connectivity index (χ1) is 12.5. The number of amides is 1. The number of rotatable bonds is 6. The van der Waals surface area contributed by atoms with Crippen LogP contribution in [0, 0.1) is 11.8 Å². The van der Waals surface area contributed by atoms with Crippen LogP contribution in [0.1, 0.15) is 32.1 Å². The Morgan fingerprint density at radius 3 is 2.73 bits per heavy atom. The second-order valence-electron chi connectivity index (χ2n) is 7.46. The van der Waals surface area contributed by atoms with Crippen molar-refractivity contribution < 1.29 is 13.2 Å². The summed E-state index contributed by atoms with van der Waals surface area (Å²) in [6.07, 6.45) is 4.91. The van der Waals surface area contributed by atoms with Crippen LogP contribution in [0.4, 0.5) is 0 Å². The number of carbonyl (C=O) groups excluding carboxylic acids is 1. The van der Waals surface area contributed by atoms with Crippen LogP contribution >= 0.6 is 11.3 Å². The normalized spacial score (nSPS) is 23.8. The van der Waals surface area contributed by atoms with Gasteiger partial charge in [0.2, 0.25) is 5.91 Å². The van der Waals surface area contributed by atoms with E-state index < -0.39 is 10.0 Å². The van der Waals surface area contributed by atoms with Crippen molar-refractivity contribution in [3.05, 3.63) is 17.5 Å². The quantitative estimate of drug-likeness (QED) is 0.794. The summed E-state index contributed by atoms with van der Waals surface area (Å²) in [6.45, 7) is 3.76.